The van der Waals surface area contributed by atoms with Crippen LogP contribution in [0.4, 0.5) is 5.69 Å². The van der Waals surface area contributed by atoms with Gasteiger partial charge in [0, 0.05) is 5.56 Å². The Morgan fingerprint density at radius 2 is 2.08 bits per heavy atom. The standard InChI is InChI=1S/C19H19NO5/c1-11-3-5-16(24-8-7-18(21)22)14(9-11)13-4-6-17-15(10-13)20-19(23)12(2)25-17/h3-6,9-10,12H,7-8H2,1-2H3,(H,20,23)(H,21,22). The second kappa shape index (κ2) is 6.84. The summed E-state index contributed by atoms with van der Waals surface area (Å²) in [6.45, 7) is 3.75. The smallest absolute Gasteiger partial charge is 0.306 e. The van der Waals surface area contributed by atoms with Gasteiger partial charge in [0.2, 0.25) is 0 Å². The van der Waals surface area contributed by atoms with Gasteiger partial charge < -0.3 is 19.9 Å². The molecule has 0 bridgehead atoms. The number of aryl methyl sites for hydroxylation is 1. The number of benzene rings is 2. The maximum absolute atomic E-state index is 11.8. The first kappa shape index (κ1) is 16.8. The molecule has 1 atom stereocenters. The predicted octanol–water partition coefficient (Wildman–Crippen LogP) is 3.23. The molecule has 0 spiro atoms. The molecule has 2 aromatic rings. The molecule has 1 unspecified atom stereocenters. The minimum absolute atomic E-state index is 0.0701. The van der Waals surface area contributed by atoms with Gasteiger partial charge in [0.05, 0.1) is 18.7 Å². The van der Waals surface area contributed by atoms with Crippen molar-refractivity contribution in [1.82, 2.24) is 0 Å². The Balaban J connectivity index is 1.93. The summed E-state index contributed by atoms with van der Waals surface area (Å²) in [4.78, 5) is 22.5. The molecule has 3 rings (SSSR count). The Morgan fingerprint density at radius 3 is 2.84 bits per heavy atom. The van der Waals surface area contributed by atoms with Gasteiger partial charge in [-0.1, -0.05) is 17.7 Å². The van der Waals surface area contributed by atoms with Crippen molar-refractivity contribution in [1.29, 1.82) is 0 Å². The molecule has 1 aliphatic rings. The largest absolute Gasteiger partial charge is 0.492 e. The summed E-state index contributed by atoms with van der Waals surface area (Å²) in [5.41, 5.74) is 3.35. The lowest BCUT2D eigenvalue weighted by atomic mass is 10.0. The molecule has 6 nitrogen and oxygen atoms in total. The van der Waals surface area contributed by atoms with Crippen LogP contribution in [0, 0.1) is 6.92 Å². The first-order valence-electron chi connectivity index (χ1n) is 8.01. The first-order chi connectivity index (χ1) is 11.9. The number of carboxylic acids is 1. The van der Waals surface area contributed by atoms with Crippen LogP contribution in [0.3, 0.4) is 0 Å². The molecular formula is C19H19NO5. The van der Waals surface area contributed by atoms with E-state index < -0.39 is 12.1 Å². The van der Waals surface area contributed by atoms with Gasteiger partial charge >= 0.3 is 5.97 Å². The summed E-state index contributed by atoms with van der Waals surface area (Å²) < 4.78 is 11.2. The lowest BCUT2D eigenvalue weighted by Gasteiger charge is -2.24. The van der Waals surface area contributed by atoms with Crippen LogP contribution in [-0.4, -0.2) is 29.7 Å². The quantitative estimate of drug-likeness (QED) is 0.872. The van der Waals surface area contributed by atoms with Crippen molar-refractivity contribution in [3.63, 3.8) is 0 Å². The van der Waals surface area contributed by atoms with Crippen LogP contribution in [0.1, 0.15) is 18.9 Å². The molecule has 1 aliphatic heterocycles. The molecule has 130 valence electrons. The van der Waals surface area contributed by atoms with Crippen molar-refractivity contribution >= 4 is 17.6 Å². The zero-order valence-corrected chi connectivity index (χ0v) is 14.0. The van der Waals surface area contributed by atoms with Crippen molar-refractivity contribution < 1.29 is 24.2 Å². The van der Waals surface area contributed by atoms with Crippen molar-refractivity contribution in [3.05, 3.63) is 42.0 Å². The predicted molar refractivity (Wildman–Crippen MR) is 93.1 cm³/mol. The fourth-order valence-corrected chi connectivity index (χ4v) is 2.62. The Labute approximate surface area is 145 Å². The van der Waals surface area contributed by atoms with E-state index in [1.54, 1.807) is 6.92 Å². The number of nitrogens with one attached hydrogen (secondary N) is 1. The fraction of sp³-hybridized carbons (Fsp3) is 0.263. The van der Waals surface area contributed by atoms with Crippen molar-refractivity contribution in [2.75, 3.05) is 11.9 Å². The third-order valence-electron chi connectivity index (χ3n) is 3.93. The van der Waals surface area contributed by atoms with Gasteiger partial charge in [0.25, 0.3) is 5.91 Å². The zero-order chi connectivity index (χ0) is 18.0. The van der Waals surface area contributed by atoms with E-state index in [0.29, 0.717) is 17.2 Å². The Bertz CT molecular complexity index is 831. The fourth-order valence-electron chi connectivity index (χ4n) is 2.62. The molecule has 0 radical (unpaired) electrons. The van der Waals surface area contributed by atoms with Crippen LogP contribution >= 0.6 is 0 Å². The lowest BCUT2D eigenvalue weighted by Crippen LogP contribution is -2.34. The van der Waals surface area contributed by atoms with E-state index in [1.165, 1.54) is 0 Å². The highest BCUT2D eigenvalue weighted by Crippen LogP contribution is 2.37. The number of carbonyl (C=O) groups excluding carboxylic acids is 1. The first-order valence-corrected chi connectivity index (χ1v) is 8.01. The van der Waals surface area contributed by atoms with Crippen LogP contribution in [-0.2, 0) is 9.59 Å². The summed E-state index contributed by atoms with van der Waals surface area (Å²) in [6.07, 6.45) is -0.591. The second-order valence-electron chi connectivity index (χ2n) is 5.95. The molecule has 1 heterocycles. The number of hydrogen-bond donors (Lipinski definition) is 2. The van der Waals surface area contributed by atoms with Gasteiger partial charge in [-0.15, -0.1) is 0 Å². The van der Waals surface area contributed by atoms with Crippen LogP contribution in [0.2, 0.25) is 0 Å². The normalized spacial score (nSPS) is 15.8. The number of hydrogen-bond acceptors (Lipinski definition) is 4. The van der Waals surface area contributed by atoms with E-state index in [0.717, 1.165) is 16.7 Å². The number of fused-ring (bicyclic) bond motifs is 1. The molecule has 0 aliphatic carbocycles. The number of aliphatic carboxylic acids is 1. The van der Waals surface area contributed by atoms with Gasteiger partial charge in [0.1, 0.15) is 11.5 Å². The highest BCUT2D eigenvalue weighted by Gasteiger charge is 2.24. The average Bonchev–Trinajstić information content (AvgIpc) is 2.56. The molecule has 0 aromatic heterocycles. The van der Waals surface area contributed by atoms with Crippen molar-refractivity contribution in [3.8, 4) is 22.6 Å². The minimum atomic E-state index is -0.906. The van der Waals surface area contributed by atoms with Gasteiger partial charge in [0.15, 0.2) is 6.10 Å². The number of ether oxygens (including phenoxy) is 2. The molecule has 25 heavy (non-hydrogen) atoms. The summed E-state index contributed by atoms with van der Waals surface area (Å²) in [6, 6.07) is 11.2. The number of amides is 1. The molecular weight excluding hydrogens is 322 g/mol. The van der Waals surface area contributed by atoms with Crippen molar-refractivity contribution in [2.45, 2.75) is 26.4 Å². The Morgan fingerprint density at radius 1 is 1.28 bits per heavy atom. The molecule has 2 aromatic carbocycles. The summed E-state index contributed by atoms with van der Waals surface area (Å²) in [5, 5.41) is 11.6. The number of carboxylic acid groups (broad SMARTS) is 1. The Hall–Kier alpha value is -3.02. The zero-order valence-electron chi connectivity index (χ0n) is 14.0. The Kier molecular flexibility index (Phi) is 4.61. The number of anilines is 1. The summed E-state index contributed by atoms with van der Waals surface area (Å²) in [5.74, 6) is 0.128. The highest BCUT2D eigenvalue weighted by molar-refractivity contribution is 5.98. The van der Waals surface area contributed by atoms with Gasteiger partial charge in [-0.3, -0.25) is 9.59 Å². The van der Waals surface area contributed by atoms with Gasteiger partial charge in [-0.05, 0) is 43.7 Å². The van der Waals surface area contributed by atoms with Crippen molar-refractivity contribution in [2.24, 2.45) is 0 Å². The van der Waals surface area contributed by atoms with Crippen LogP contribution in [0.5, 0.6) is 11.5 Å². The average molecular weight is 341 g/mol. The minimum Gasteiger partial charge on any atom is -0.492 e. The molecule has 6 heteroatoms. The molecule has 0 fully saturated rings. The van der Waals surface area contributed by atoms with E-state index in [9.17, 15) is 9.59 Å². The summed E-state index contributed by atoms with van der Waals surface area (Å²) in [7, 11) is 0. The van der Waals surface area contributed by atoms with E-state index >= 15 is 0 Å². The van der Waals surface area contributed by atoms with E-state index in [4.69, 9.17) is 14.6 Å². The van der Waals surface area contributed by atoms with Gasteiger partial charge in [-0.25, -0.2) is 0 Å². The van der Waals surface area contributed by atoms with Crippen LogP contribution in [0.25, 0.3) is 11.1 Å². The highest BCUT2D eigenvalue weighted by atomic mass is 16.5. The number of rotatable bonds is 5. The SMILES string of the molecule is Cc1ccc(OCCC(=O)O)c(-c2ccc3c(c2)NC(=O)C(C)O3)c1. The topological polar surface area (TPSA) is 84.9 Å². The monoisotopic (exact) mass is 341 g/mol. The van der Waals surface area contributed by atoms with Crippen LogP contribution < -0.4 is 14.8 Å². The molecule has 0 saturated carbocycles. The van der Waals surface area contributed by atoms with Crippen LogP contribution in [0.15, 0.2) is 36.4 Å². The molecule has 1 amide bonds. The lowest BCUT2D eigenvalue weighted by molar-refractivity contribution is -0.137. The maximum atomic E-state index is 11.8. The molecule has 0 saturated heterocycles. The van der Waals surface area contributed by atoms with E-state index in [1.807, 2.05) is 43.3 Å². The van der Waals surface area contributed by atoms with E-state index in [2.05, 4.69) is 5.32 Å². The molecule has 2 N–H and O–H groups in total. The number of carbonyl (C=O) groups is 2. The summed E-state index contributed by atoms with van der Waals surface area (Å²) >= 11 is 0. The third-order valence-corrected chi connectivity index (χ3v) is 3.93. The van der Waals surface area contributed by atoms with E-state index in [-0.39, 0.29) is 18.9 Å². The second-order valence-corrected chi connectivity index (χ2v) is 5.95. The third kappa shape index (κ3) is 3.74. The van der Waals surface area contributed by atoms with Gasteiger partial charge in [-0.2, -0.15) is 0 Å². The maximum Gasteiger partial charge on any atom is 0.306 e.